The first-order chi connectivity index (χ1) is 8.26. The molecule has 0 aromatic carbocycles. The molecule has 2 heteroatoms. The topological polar surface area (TPSA) is 17.1 Å². The zero-order chi connectivity index (χ0) is 12.5. The average Bonchev–Trinajstić information content (AvgIpc) is 2.76. The number of alkyl halides is 1. The summed E-state index contributed by atoms with van der Waals surface area (Å²) in [4.78, 5) is 11.3. The van der Waals surface area contributed by atoms with Crippen molar-refractivity contribution in [3.05, 3.63) is 24.8 Å². The first kappa shape index (κ1) is 14.9. The van der Waals surface area contributed by atoms with Gasteiger partial charge in [-0.05, 0) is 41.6 Å². The van der Waals surface area contributed by atoms with Gasteiger partial charge in [-0.25, -0.2) is 0 Å². The molecule has 0 N–H and O–H groups in total. The van der Waals surface area contributed by atoms with Crippen LogP contribution in [0.2, 0.25) is 0 Å². The van der Waals surface area contributed by atoms with Gasteiger partial charge in [0.15, 0.2) is 5.78 Å². The van der Waals surface area contributed by atoms with Crippen LogP contribution < -0.4 is 0 Å². The molecule has 0 saturated carbocycles. The first-order valence-corrected chi connectivity index (χ1v) is 8.18. The SMILES string of the molecule is C=CC(=O)C[C@@H]1C=C[C@@H](CCCCCCI)C1. The zero-order valence-corrected chi connectivity index (χ0v) is 12.7. The molecule has 0 fully saturated rings. The maximum atomic E-state index is 11.3. The van der Waals surface area contributed by atoms with Crippen molar-refractivity contribution < 1.29 is 4.79 Å². The lowest BCUT2D eigenvalue weighted by molar-refractivity contribution is -0.115. The number of hydrogen-bond acceptors (Lipinski definition) is 1. The normalized spacial score (nSPS) is 22.9. The van der Waals surface area contributed by atoms with Crippen LogP contribution >= 0.6 is 22.6 Å². The molecule has 0 aliphatic heterocycles. The molecule has 1 nitrogen and oxygen atoms in total. The lowest BCUT2D eigenvalue weighted by Crippen LogP contribution is -2.04. The van der Waals surface area contributed by atoms with E-state index < -0.39 is 0 Å². The second-order valence-corrected chi connectivity index (χ2v) is 5.99. The molecule has 0 bridgehead atoms. The third-order valence-electron chi connectivity index (χ3n) is 3.41. The van der Waals surface area contributed by atoms with E-state index in [9.17, 15) is 4.79 Å². The van der Waals surface area contributed by atoms with Gasteiger partial charge >= 0.3 is 0 Å². The number of halogens is 1. The molecule has 0 heterocycles. The van der Waals surface area contributed by atoms with E-state index in [4.69, 9.17) is 0 Å². The molecule has 0 spiro atoms. The highest BCUT2D eigenvalue weighted by molar-refractivity contribution is 14.1. The Labute approximate surface area is 119 Å². The molecule has 0 saturated heterocycles. The Morgan fingerprint density at radius 1 is 1.24 bits per heavy atom. The van der Waals surface area contributed by atoms with Crippen molar-refractivity contribution in [1.29, 1.82) is 0 Å². The van der Waals surface area contributed by atoms with Crippen LogP contribution in [-0.2, 0) is 4.79 Å². The minimum absolute atomic E-state index is 0.183. The molecule has 0 radical (unpaired) electrons. The predicted molar refractivity (Wildman–Crippen MR) is 82.5 cm³/mol. The molecule has 1 aliphatic rings. The van der Waals surface area contributed by atoms with Crippen LogP contribution in [0.4, 0.5) is 0 Å². The number of rotatable bonds is 9. The predicted octanol–water partition coefficient (Wildman–Crippen LogP) is 4.71. The minimum Gasteiger partial charge on any atom is -0.295 e. The van der Waals surface area contributed by atoms with Gasteiger partial charge in [-0.3, -0.25) is 4.79 Å². The molecular formula is C15H23IO. The van der Waals surface area contributed by atoms with Gasteiger partial charge in [0.2, 0.25) is 0 Å². The highest BCUT2D eigenvalue weighted by Crippen LogP contribution is 2.30. The van der Waals surface area contributed by atoms with Crippen molar-refractivity contribution in [2.45, 2.75) is 44.9 Å². The lowest BCUT2D eigenvalue weighted by Gasteiger charge is -2.10. The minimum atomic E-state index is 0.183. The van der Waals surface area contributed by atoms with E-state index in [-0.39, 0.29) is 5.78 Å². The summed E-state index contributed by atoms with van der Waals surface area (Å²) in [7, 11) is 0. The molecule has 0 unspecified atom stereocenters. The average molecular weight is 346 g/mol. The van der Waals surface area contributed by atoms with Crippen LogP contribution in [0, 0.1) is 11.8 Å². The van der Waals surface area contributed by atoms with E-state index in [2.05, 4.69) is 41.3 Å². The Hall–Kier alpha value is -0.120. The maximum absolute atomic E-state index is 11.3. The van der Waals surface area contributed by atoms with Crippen molar-refractivity contribution >= 4 is 28.4 Å². The summed E-state index contributed by atoms with van der Waals surface area (Å²) in [5, 5.41) is 0. The van der Waals surface area contributed by atoms with Crippen molar-refractivity contribution in [1.82, 2.24) is 0 Å². The highest BCUT2D eigenvalue weighted by Gasteiger charge is 2.19. The van der Waals surface area contributed by atoms with E-state index in [1.165, 1.54) is 49.0 Å². The standard InChI is InChI=1S/C15H23IO/c1-2-15(17)12-14-9-8-13(11-14)7-5-3-4-6-10-16/h2,8-9,13-14H,1,3-7,10-12H2/t13-,14-/m1/s1. The maximum Gasteiger partial charge on any atom is 0.155 e. The number of carbonyl (C=O) groups excluding carboxylic acids is 1. The second-order valence-electron chi connectivity index (χ2n) is 4.91. The number of unbranched alkanes of at least 4 members (excludes halogenated alkanes) is 3. The molecule has 1 aliphatic carbocycles. The van der Waals surface area contributed by atoms with Gasteiger partial charge in [-0.15, -0.1) is 0 Å². The van der Waals surface area contributed by atoms with Crippen LogP contribution in [0.5, 0.6) is 0 Å². The monoisotopic (exact) mass is 346 g/mol. The molecule has 2 atom stereocenters. The summed E-state index contributed by atoms with van der Waals surface area (Å²) in [5.41, 5.74) is 0. The molecular weight excluding hydrogens is 323 g/mol. The van der Waals surface area contributed by atoms with E-state index in [1.807, 2.05) is 0 Å². The summed E-state index contributed by atoms with van der Waals surface area (Å²) in [6.07, 6.45) is 14.6. The van der Waals surface area contributed by atoms with Crippen molar-refractivity contribution in [3.63, 3.8) is 0 Å². The summed E-state index contributed by atoms with van der Waals surface area (Å²) in [6, 6.07) is 0. The quantitative estimate of drug-likeness (QED) is 0.194. The van der Waals surface area contributed by atoms with Crippen LogP contribution in [0.25, 0.3) is 0 Å². The summed E-state index contributed by atoms with van der Waals surface area (Å²) >= 11 is 2.44. The molecule has 0 aromatic rings. The van der Waals surface area contributed by atoms with Gasteiger partial charge in [0.05, 0.1) is 0 Å². The van der Waals surface area contributed by atoms with Gasteiger partial charge in [0.1, 0.15) is 0 Å². The second kappa shape index (κ2) is 8.90. The van der Waals surface area contributed by atoms with Gasteiger partial charge < -0.3 is 0 Å². The van der Waals surface area contributed by atoms with Gasteiger partial charge in [-0.2, -0.15) is 0 Å². The summed E-state index contributed by atoms with van der Waals surface area (Å²) < 4.78 is 1.28. The number of ketones is 1. The smallest absolute Gasteiger partial charge is 0.155 e. The summed E-state index contributed by atoms with van der Waals surface area (Å²) in [6.45, 7) is 3.53. The highest BCUT2D eigenvalue weighted by atomic mass is 127. The van der Waals surface area contributed by atoms with Crippen molar-refractivity contribution in [3.8, 4) is 0 Å². The Morgan fingerprint density at radius 3 is 2.65 bits per heavy atom. The van der Waals surface area contributed by atoms with Gasteiger partial charge in [0.25, 0.3) is 0 Å². The van der Waals surface area contributed by atoms with E-state index in [0.29, 0.717) is 12.3 Å². The van der Waals surface area contributed by atoms with E-state index in [1.54, 1.807) is 0 Å². The fraction of sp³-hybridized carbons (Fsp3) is 0.667. The molecule has 0 aromatic heterocycles. The van der Waals surface area contributed by atoms with E-state index in [0.717, 1.165) is 5.92 Å². The fourth-order valence-corrected chi connectivity index (χ4v) is 2.96. The Bertz CT molecular complexity index is 270. The van der Waals surface area contributed by atoms with Crippen molar-refractivity contribution in [2.75, 3.05) is 4.43 Å². The molecule has 17 heavy (non-hydrogen) atoms. The Kier molecular flexibility index (Phi) is 7.82. The van der Waals surface area contributed by atoms with Crippen LogP contribution in [-0.4, -0.2) is 10.2 Å². The molecule has 96 valence electrons. The Morgan fingerprint density at radius 2 is 1.94 bits per heavy atom. The van der Waals surface area contributed by atoms with Gasteiger partial charge in [-0.1, -0.05) is 60.6 Å². The van der Waals surface area contributed by atoms with Crippen LogP contribution in [0.1, 0.15) is 44.9 Å². The third-order valence-corrected chi connectivity index (χ3v) is 4.17. The third kappa shape index (κ3) is 6.39. The Balaban J connectivity index is 2.08. The number of hydrogen-bond donors (Lipinski definition) is 0. The summed E-state index contributed by atoms with van der Waals surface area (Å²) in [5.74, 6) is 1.37. The van der Waals surface area contributed by atoms with E-state index >= 15 is 0 Å². The molecule has 0 amide bonds. The van der Waals surface area contributed by atoms with Gasteiger partial charge in [0, 0.05) is 6.42 Å². The fourth-order valence-electron chi connectivity index (χ4n) is 2.42. The lowest BCUT2D eigenvalue weighted by atomic mass is 9.94. The zero-order valence-electron chi connectivity index (χ0n) is 10.5. The largest absolute Gasteiger partial charge is 0.295 e. The number of allylic oxidation sites excluding steroid dienone is 3. The van der Waals surface area contributed by atoms with Crippen LogP contribution in [0.15, 0.2) is 24.8 Å². The number of carbonyl (C=O) groups is 1. The van der Waals surface area contributed by atoms with Crippen molar-refractivity contribution in [2.24, 2.45) is 11.8 Å². The first-order valence-electron chi connectivity index (χ1n) is 6.65. The van der Waals surface area contributed by atoms with Crippen LogP contribution in [0.3, 0.4) is 0 Å². The molecule has 1 rings (SSSR count).